The van der Waals surface area contributed by atoms with Crippen LogP contribution < -0.4 is 10.2 Å². The van der Waals surface area contributed by atoms with Crippen LogP contribution in [0, 0.1) is 0 Å². The maximum absolute atomic E-state index is 5.17. The third-order valence-corrected chi connectivity index (χ3v) is 7.29. The molecule has 0 amide bonds. The fourth-order valence-electron chi connectivity index (χ4n) is 4.22. The van der Waals surface area contributed by atoms with Crippen molar-refractivity contribution in [3.05, 3.63) is 41.5 Å². The molecule has 7 heteroatoms. The Morgan fingerprint density at radius 2 is 1.87 bits per heavy atom. The summed E-state index contributed by atoms with van der Waals surface area (Å²) in [6, 6.07) is 10.6. The van der Waals surface area contributed by atoms with Gasteiger partial charge in [0, 0.05) is 10.9 Å². The molecule has 0 unspecified atom stereocenters. The van der Waals surface area contributed by atoms with Crippen LogP contribution in [-0.4, -0.2) is 48.4 Å². The summed E-state index contributed by atoms with van der Waals surface area (Å²) in [7, 11) is 4.34. The third kappa shape index (κ3) is 3.45. The predicted molar refractivity (Wildman–Crippen MR) is 128 cm³/mol. The molecule has 0 bridgehead atoms. The van der Waals surface area contributed by atoms with Crippen molar-refractivity contribution in [1.29, 1.82) is 0 Å². The van der Waals surface area contributed by atoms with Gasteiger partial charge in [-0.1, -0.05) is 42.1 Å². The van der Waals surface area contributed by atoms with Crippen molar-refractivity contribution in [3.63, 3.8) is 0 Å². The largest absolute Gasteiger partial charge is 0.363 e. The highest BCUT2D eigenvalue weighted by Gasteiger charge is 2.25. The lowest BCUT2D eigenvalue weighted by Crippen LogP contribution is -3.06. The quantitative estimate of drug-likeness (QED) is 0.357. The Bertz CT molecular complexity index is 1220. The van der Waals surface area contributed by atoms with Gasteiger partial charge in [0.15, 0.2) is 5.16 Å². The molecule has 1 aliphatic rings. The second-order valence-electron chi connectivity index (χ2n) is 8.04. The minimum Gasteiger partial charge on any atom is -0.363 e. The van der Waals surface area contributed by atoms with Crippen LogP contribution in [0.25, 0.3) is 31.7 Å². The van der Waals surface area contributed by atoms with Gasteiger partial charge >= 0.3 is 0 Å². The highest BCUT2D eigenvalue weighted by atomic mass is 32.2. The SMILES string of the molecule is CSc1nc(NCC[NH+](C)C)c2sc3nc(-c4ccccc4)c4c(c3c2n1)CCC4. The molecular weight excluding hydrogens is 410 g/mol. The van der Waals surface area contributed by atoms with E-state index in [0.717, 1.165) is 57.6 Å². The Kier molecular flexibility index (Phi) is 5.35. The van der Waals surface area contributed by atoms with Crippen molar-refractivity contribution >= 4 is 49.3 Å². The van der Waals surface area contributed by atoms with Crippen molar-refractivity contribution in [3.8, 4) is 11.3 Å². The Hall–Kier alpha value is -2.22. The zero-order chi connectivity index (χ0) is 20.7. The molecule has 4 aromatic rings. The number of pyridine rings is 1. The van der Waals surface area contributed by atoms with E-state index >= 15 is 0 Å². The van der Waals surface area contributed by atoms with Crippen molar-refractivity contribution in [2.75, 3.05) is 38.8 Å². The lowest BCUT2D eigenvalue weighted by atomic mass is 10.0. The number of anilines is 1. The number of benzene rings is 1. The molecule has 5 nitrogen and oxygen atoms in total. The minimum atomic E-state index is 0.820. The summed E-state index contributed by atoms with van der Waals surface area (Å²) in [5, 5.41) is 5.64. The summed E-state index contributed by atoms with van der Waals surface area (Å²) in [5.41, 5.74) is 6.27. The van der Waals surface area contributed by atoms with Crippen molar-refractivity contribution < 1.29 is 4.90 Å². The molecule has 1 aromatic carbocycles. The molecule has 0 atom stereocenters. The number of thioether (sulfide) groups is 1. The van der Waals surface area contributed by atoms with E-state index in [4.69, 9.17) is 15.0 Å². The van der Waals surface area contributed by atoms with Gasteiger partial charge in [-0.15, -0.1) is 11.3 Å². The minimum absolute atomic E-state index is 0.820. The molecule has 0 spiro atoms. The van der Waals surface area contributed by atoms with E-state index in [-0.39, 0.29) is 0 Å². The summed E-state index contributed by atoms with van der Waals surface area (Å²) in [6.07, 6.45) is 5.42. The maximum Gasteiger partial charge on any atom is 0.189 e. The number of nitrogens with zero attached hydrogens (tertiary/aromatic N) is 3. The standard InChI is InChI=1S/C23H25N5S2/c1-28(2)13-12-24-21-20-19(26-23(27-21)29-3)17-15-10-7-11-16(15)18(25-22(17)30-20)14-8-5-4-6-9-14/h4-6,8-9H,7,10-13H2,1-3H3,(H,24,26,27)/p+1. The summed E-state index contributed by atoms with van der Waals surface area (Å²) in [4.78, 5) is 17.4. The molecule has 0 fully saturated rings. The van der Waals surface area contributed by atoms with Gasteiger partial charge in [0.05, 0.1) is 43.1 Å². The van der Waals surface area contributed by atoms with Crippen LogP contribution in [0.4, 0.5) is 5.82 Å². The van der Waals surface area contributed by atoms with E-state index in [9.17, 15) is 0 Å². The van der Waals surface area contributed by atoms with E-state index in [1.54, 1.807) is 23.1 Å². The van der Waals surface area contributed by atoms with Crippen LogP contribution in [0.5, 0.6) is 0 Å². The van der Waals surface area contributed by atoms with Gasteiger partial charge in [-0.25, -0.2) is 15.0 Å². The average Bonchev–Trinajstić information content (AvgIpc) is 3.37. The second-order valence-corrected chi connectivity index (χ2v) is 9.81. The molecule has 0 aliphatic heterocycles. The highest BCUT2D eigenvalue weighted by Crippen LogP contribution is 2.43. The lowest BCUT2D eigenvalue weighted by molar-refractivity contribution is -0.856. The highest BCUT2D eigenvalue weighted by molar-refractivity contribution is 7.98. The predicted octanol–water partition coefficient (Wildman–Crippen LogP) is 3.67. The summed E-state index contributed by atoms with van der Waals surface area (Å²) >= 11 is 3.33. The number of likely N-dealkylation sites (N-methyl/N-ethyl adjacent to an activating group) is 1. The van der Waals surface area contributed by atoms with E-state index in [1.807, 2.05) is 6.26 Å². The molecule has 5 rings (SSSR count). The van der Waals surface area contributed by atoms with E-state index in [2.05, 4.69) is 49.7 Å². The van der Waals surface area contributed by atoms with Gasteiger partial charge in [0.25, 0.3) is 0 Å². The van der Waals surface area contributed by atoms with Crippen molar-refractivity contribution in [1.82, 2.24) is 15.0 Å². The first-order valence-electron chi connectivity index (χ1n) is 10.4. The summed E-state index contributed by atoms with van der Waals surface area (Å²) in [6.45, 7) is 1.92. The number of rotatable bonds is 6. The maximum atomic E-state index is 5.17. The molecule has 0 saturated heterocycles. The number of fused-ring (bicyclic) bond motifs is 5. The molecule has 0 saturated carbocycles. The van der Waals surface area contributed by atoms with Crippen LogP contribution in [0.3, 0.4) is 0 Å². The normalized spacial score (nSPS) is 13.5. The Morgan fingerprint density at radius 3 is 2.63 bits per heavy atom. The number of hydrogen-bond acceptors (Lipinski definition) is 6. The monoisotopic (exact) mass is 436 g/mol. The van der Waals surface area contributed by atoms with E-state index in [1.165, 1.54) is 33.4 Å². The molecular formula is C23H26N5S2+. The zero-order valence-electron chi connectivity index (χ0n) is 17.6. The van der Waals surface area contributed by atoms with Gasteiger partial charge in [0.2, 0.25) is 0 Å². The van der Waals surface area contributed by atoms with Gasteiger partial charge in [-0.3, -0.25) is 0 Å². The number of quaternary nitrogens is 1. The molecule has 0 radical (unpaired) electrons. The third-order valence-electron chi connectivity index (χ3n) is 5.66. The van der Waals surface area contributed by atoms with Crippen LogP contribution in [0.2, 0.25) is 0 Å². The van der Waals surface area contributed by atoms with E-state index in [0.29, 0.717) is 0 Å². The van der Waals surface area contributed by atoms with Gasteiger partial charge < -0.3 is 10.2 Å². The number of thiophene rings is 1. The fourth-order valence-corrected chi connectivity index (χ4v) is 5.70. The zero-order valence-corrected chi connectivity index (χ0v) is 19.2. The van der Waals surface area contributed by atoms with Gasteiger partial charge in [-0.2, -0.15) is 0 Å². The smallest absolute Gasteiger partial charge is 0.189 e. The first-order valence-corrected chi connectivity index (χ1v) is 12.5. The molecule has 2 N–H and O–H groups in total. The lowest BCUT2D eigenvalue weighted by Gasteiger charge is -2.11. The van der Waals surface area contributed by atoms with E-state index < -0.39 is 0 Å². The molecule has 30 heavy (non-hydrogen) atoms. The average molecular weight is 437 g/mol. The topological polar surface area (TPSA) is 55.1 Å². The first-order chi connectivity index (χ1) is 14.7. The van der Waals surface area contributed by atoms with Crippen LogP contribution >= 0.6 is 23.1 Å². The number of aryl methyl sites for hydroxylation is 1. The Labute approximate surface area is 184 Å². The fraction of sp³-hybridized carbons (Fsp3) is 0.348. The van der Waals surface area contributed by atoms with Gasteiger partial charge in [0.1, 0.15) is 10.6 Å². The number of aromatic nitrogens is 3. The molecule has 154 valence electrons. The second kappa shape index (κ2) is 8.13. The Morgan fingerprint density at radius 1 is 1.07 bits per heavy atom. The Balaban J connectivity index is 1.73. The first kappa shape index (κ1) is 19.7. The summed E-state index contributed by atoms with van der Waals surface area (Å²) < 4.78 is 1.13. The number of hydrogen-bond donors (Lipinski definition) is 2. The molecule has 3 aromatic heterocycles. The van der Waals surface area contributed by atoms with Crippen molar-refractivity contribution in [2.45, 2.75) is 24.4 Å². The van der Waals surface area contributed by atoms with Crippen LogP contribution in [0.1, 0.15) is 17.5 Å². The molecule has 1 aliphatic carbocycles. The molecule has 3 heterocycles. The van der Waals surface area contributed by atoms with Crippen LogP contribution in [0.15, 0.2) is 35.5 Å². The van der Waals surface area contributed by atoms with Crippen molar-refractivity contribution in [2.24, 2.45) is 0 Å². The number of nitrogens with one attached hydrogen (secondary N) is 2. The van der Waals surface area contributed by atoms with Gasteiger partial charge in [-0.05, 0) is 36.6 Å². The van der Waals surface area contributed by atoms with Crippen LogP contribution in [-0.2, 0) is 12.8 Å². The summed E-state index contributed by atoms with van der Waals surface area (Å²) in [5.74, 6) is 0.946.